The molecule has 2 aromatic carbocycles. The molecule has 2 amide bonds. The van der Waals surface area contributed by atoms with Crippen LogP contribution in [0.25, 0.3) is 0 Å². The summed E-state index contributed by atoms with van der Waals surface area (Å²) >= 11 is 0. The van der Waals surface area contributed by atoms with E-state index in [0.29, 0.717) is 13.0 Å². The molecule has 0 saturated carbocycles. The minimum Gasteiger partial charge on any atom is -0.497 e. The first-order valence-electron chi connectivity index (χ1n) is 11.1. The largest absolute Gasteiger partial charge is 0.497 e. The molecule has 31 heavy (non-hydrogen) atoms. The van der Waals surface area contributed by atoms with Crippen LogP contribution < -0.4 is 9.64 Å². The number of benzene rings is 2. The number of hydrogen-bond donors (Lipinski definition) is 0. The third-order valence-corrected chi connectivity index (χ3v) is 6.35. The highest BCUT2D eigenvalue weighted by molar-refractivity contribution is 5.82. The molecule has 2 aliphatic rings. The highest BCUT2D eigenvalue weighted by Gasteiger charge is 2.32. The lowest BCUT2D eigenvalue weighted by molar-refractivity contribution is -0.140. The van der Waals surface area contributed by atoms with Crippen LogP contribution in [0.15, 0.2) is 54.6 Å². The molecule has 6 heteroatoms. The maximum atomic E-state index is 13.2. The van der Waals surface area contributed by atoms with Crippen LogP contribution in [-0.2, 0) is 16.0 Å². The zero-order valence-electron chi connectivity index (χ0n) is 18.2. The molecule has 6 nitrogen and oxygen atoms in total. The van der Waals surface area contributed by atoms with Gasteiger partial charge in [0.05, 0.1) is 19.4 Å². The van der Waals surface area contributed by atoms with Gasteiger partial charge in [-0.1, -0.05) is 30.3 Å². The summed E-state index contributed by atoms with van der Waals surface area (Å²) in [6.07, 6.45) is 2.16. The van der Waals surface area contributed by atoms with Crippen LogP contribution in [0.5, 0.6) is 5.75 Å². The monoisotopic (exact) mass is 421 g/mol. The minimum absolute atomic E-state index is 0.0824. The van der Waals surface area contributed by atoms with E-state index >= 15 is 0 Å². The Morgan fingerprint density at radius 2 is 1.61 bits per heavy atom. The van der Waals surface area contributed by atoms with Gasteiger partial charge in [-0.15, -0.1) is 0 Å². The van der Waals surface area contributed by atoms with Gasteiger partial charge in [0.25, 0.3) is 0 Å². The molecule has 2 aliphatic heterocycles. The first kappa shape index (κ1) is 21.2. The Bertz CT molecular complexity index is 877. The Labute approximate surface area is 184 Å². The molecule has 1 atom stereocenters. The lowest BCUT2D eigenvalue weighted by Gasteiger charge is -2.39. The molecule has 0 aliphatic carbocycles. The Morgan fingerprint density at radius 1 is 0.903 bits per heavy atom. The molecule has 0 radical (unpaired) electrons. The standard InChI is InChI=1S/C25H31N3O3/c1-31-23-11-9-22(10-12-23)26-14-16-27(17-15-26)25(30)21-8-5-13-28(19-21)24(29)18-20-6-3-2-4-7-20/h2-4,6-7,9-12,21H,5,8,13-19H2,1H3. The fraction of sp³-hybridized carbons (Fsp3) is 0.440. The second-order valence-electron chi connectivity index (χ2n) is 8.35. The number of piperazine rings is 1. The van der Waals surface area contributed by atoms with Gasteiger partial charge in [0.1, 0.15) is 5.75 Å². The van der Waals surface area contributed by atoms with E-state index in [1.54, 1.807) is 7.11 Å². The first-order valence-corrected chi connectivity index (χ1v) is 11.1. The second kappa shape index (κ2) is 9.86. The zero-order chi connectivity index (χ0) is 21.6. The lowest BCUT2D eigenvalue weighted by atomic mass is 9.95. The number of anilines is 1. The maximum absolute atomic E-state index is 13.2. The molecule has 2 fully saturated rings. The summed E-state index contributed by atoms with van der Waals surface area (Å²) in [6, 6.07) is 17.9. The van der Waals surface area contributed by atoms with Crippen LogP contribution >= 0.6 is 0 Å². The maximum Gasteiger partial charge on any atom is 0.227 e. The topological polar surface area (TPSA) is 53.1 Å². The second-order valence-corrected chi connectivity index (χ2v) is 8.35. The highest BCUT2D eigenvalue weighted by Crippen LogP contribution is 2.23. The minimum atomic E-state index is -0.0824. The third-order valence-electron chi connectivity index (χ3n) is 6.35. The number of methoxy groups -OCH3 is 1. The molecule has 2 aromatic rings. The number of piperidine rings is 1. The quantitative estimate of drug-likeness (QED) is 0.745. The number of amides is 2. The number of ether oxygens (including phenoxy) is 1. The van der Waals surface area contributed by atoms with Crippen molar-refractivity contribution in [3.8, 4) is 5.75 Å². The smallest absolute Gasteiger partial charge is 0.227 e. The SMILES string of the molecule is COc1ccc(N2CCN(C(=O)C3CCCN(C(=O)Cc4ccccc4)C3)CC2)cc1. The van der Waals surface area contributed by atoms with Gasteiger partial charge in [-0.25, -0.2) is 0 Å². The van der Waals surface area contributed by atoms with E-state index < -0.39 is 0 Å². The molecule has 0 spiro atoms. The fourth-order valence-electron chi connectivity index (χ4n) is 4.52. The van der Waals surface area contributed by atoms with Gasteiger partial charge >= 0.3 is 0 Å². The summed E-state index contributed by atoms with van der Waals surface area (Å²) < 4.78 is 5.23. The van der Waals surface area contributed by atoms with Gasteiger partial charge in [-0.2, -0.15) is 0 Å². The van der Waals surface area contributed by atoms with E-state index in [-0.39, 0.29) is 17.7 Å². The molecular weight excluding hydrogens is 390 g/mol. The van der Waals surface area contributed by atoms with Crippen molar-refractivity contribution in [3.63, 3.8) is 0 Å². The van der Waals surface area contributed by atoms with Crippen LogP contribution in [0, 0.1) is 5.92 Å². The normalized spacial score (nSPS) is 19.3. The van der Waals surface area contributed by atoms with E-state index in [4.69, 9.17) is 4.74 Å². The fourth-order valence-corrected chi connectivity index (χ4v) is 4.52. The molecule has 2 heterocycles. The van der Waals surface area contributed by atoms with Crippen molar-refractivity contribution in [2.75, 3.05) is 51.3 Å². The number of rotatable bonds is 5. The number of nitrogens with zero attached hydrogens (tertiary/aromatic N) is 3. The van der Waals surface area contributed by atoms with Crippen molar-refractivity contribution < 1.29 is 14.3 Å². The summed E-state index contributed by atoms with van der Waals surface area (Å²) in [4.78, 5) is 32.1. The van der Waals surface area contributed by atoms with E-state index in [2.05, 4.69) is 17.0 Å². The van der Waals surface area contributed by atoms with E-state index in [0.717, 1.165) is 62.6 Å². The zero-order valence-corrected chi connectivity index (χ0v) is 18.2. The van der Waals surface area contributed by atoms with E-state index in [1.807, 2.05) is 52.3 Å². The summed E-state index contributed by atoms with van der Waals surface area (Å²) in [6.45, 7) is 4.38. The molecule has 1 unspecified atom stereocenters. The summed E-state index contributed by atoms with van der Waals surface area (Å²) in [5.74, 6) is 1.09. The molecule has 4 rings (SSSR count). The molecule has 0 bridgehead atoms. The summed E-state index contributed by atoms with van der Waals surface area (Å²) in [5, 5.41) is 0. The van der Waals surface area contributed by atoms with Gasteiger partial charge in [-0.3, -0.25) is 9.59 Å². The highest BCUT2D eigenvalue weighted by atomic mass is 16.5. The van der Waals surface area contributed by atoms with Gasteiger partial charge < -0.3 is 19.4 Å². The van der Waals surface area contributed by atoms with Crippen molar-refractivity contribution in [3.05, 3.63) is 60.2 Å². The Morgan fingerprint density at radius 3 is 2.29 bits per heavy atom. The third kappa shape index (κ3) is 5.19. The van der Waals surface area contributed by atoms with Crippen LogP contribution in [0.1, 0.15) is 18.4 Å². The van der Waals surface area contributed by atoms with Crippen molar-refractivity contribution in [2.24, 2.45) is 5.92 Å². The van der Waals surface area contributed by atoms with Crippen LogP contribution in [0.3, 0.4) is 0 Å². The predicted octanol–water partition coefficient (Wildman–Crippen LogP) is 2.83. The van der Waals surface area contributed by atoms with Crippen molar-refractivity contribution in [1.82, 2.24) is 9.80 Å². The molecular formula is C25H31N3O3. The van der Waals surface area contributed by atoms with Gasteiger partial charge in [0, 0.05) is 45.0 Å². The van der Waals surface area contributed by atoms with E-state index in [9.17, 15) is 9.59 Å². The number of carbonyl (C=O) groups is 2. The number of carbonyl (C=O) groups excluding carboxylic acids is 2. The Balaban J connectivity index is 1.29. The van der Waals surface area contributed by atoms with Gasteiger partial charge in [0.15, 0.2) is 0 Å². The summed E-state index contributed by atoms with van der Waals surface area (Å²) in [7, 11) is 1.67. The van der Waals surface area contributed by atoms with Crippen molar-refractivity contribution >= 4 is 17.5 Å². The van der Waals surface area contributed by atoms with Crippen LogP contribution in [0.2, 0.25) is 0 Å². The molecule has 164 valence electrons. The Hall–Kier alpha value is -3.02. The molecule has 0 aromatic heterocycles. The van der Waals surface area contributed by atoms with Gasteiger partial charge in [-0.05, 0) is 42.7 Å². The van der Waals surface area contributed by atoms with Crippen molar-refractivity contribution in [2.45, 2.75) is 19.3 Å². The van der Waals surface area contributed by atoms with Crippen molar-refractivity contribution in [1.29, 1.82) is 0 Å². The molecule has 2 saturated heterocycles. The van der Waals surface area contributed by atoms with E-state index in [1.165, 1.54) is 0 Å². The predicted molar refractivity (Wildman–Crippen MR) is 121 cm³/mol. The average Bonchev–Trinajstić information content (AvgIpc) is 2.84. The number of likely N-dealkylation sites (tertiary alicyclic amines) is 1. The first-order chi connectivity index (χ1) is 15.1. The van der Waals surface area contributed by atoms with Crippen LogP contribution in [0.4, 0.5) is 5.69 Å². The Kier molecular flexibility index (Phi) is 6.75. The van der Waals surface area contributed by atoms with Gasteiger partial charge in [0.2, 0.25) is 11.8 Å². The van der Waals surface area contributed by atoms with Crippen LogP contribution in [-0.4, -0.2) is 68.0 Å². The molecule has 0 N–H and O–H groups in total. The number of hydrogen-bond acceptors (Lipinski definition) is 4. The summed E-state index contributed by atoms with van der Waals surface area (Å²) in [5.41, 5.74) is 2.18. The average molecular weight is 422 g/mol. The lowest BCUT2D eigenvalue weighted by Crippen LogP contribution is -2.53.